The summed E-state index contributed by atoms with van der Waals surface area (Å²) in [6, 6.07) is 8.22. The summed E-state index contributed by atoms with van der Waals surface area (Å²) >= 11 is 0. The highest BCUT2D eigenvalue weighted by molar-refractivity contribution is 5.58. The van der Waals surface area contributed by atoms with Crippen LogP contribution in [0.2, 0.25) is 0 Å². The summed E-state index contributed by atoms with van der Waals surface area (Å²) in [6.07, 6.45) is 1.33. The van der Waals surface area contributed by atoms with Gasteiger partial charge in [0.1, 0.15) is 0 Å². The molecule has 19 heavy (non-hydrogen) atoms. The number of methoxy groups -OCH3 is 1. The van der Waals surface area contributed by atoms with Gasteiger partial charge in [-0.2, -0.15) is 0 Å². The number of nitrogens with one attached hydrogen (secondary N) is 1. The molecule has 1 aromatic heterocycles. The van der Waals surface area contributed by atoms with Crippen LogP contribution in [0.4, 0.5) is 5.69 Å². The Kier molecular flexibility index (Phi) is 4.52. The number of nitrogens with zero attached hydrogens (tertiary/aromatic N) is 2. The van der Waals surface area contributed by atoms with Crippen molar-refractivity contribution in [2.24, 2.45) is 5.92 Å². The molecule has 0 radical (unpaired) electrons. The maximum Gasteiger partial charge on any atom is 0.247 e. The lowest BCUT2D eigenvalue weighted by Gasteiger charge is -2.22. The van der Waals surface area contributed by atoms with Crippen LogP contribution in [0.25, 0.3) is 11.5 Å². The lowest BCUT2D eigenvalue weighted by atomic mass is 10.0. The third-order valence-corrected chi connectivity index (χ3v) is 2.99. The fraction of sp³-hybridized carbons (Fsp3) is 0.429. The van der Waals surface area contributed by atoms with E-state index in [4.69, 9.17) is 9.15 Å². The number of aromatic nitrogens is 2. The molecule has 0 spiro atoms. The van der Waals surface area contributed by atoms with E-state index in [2.05, 4.69) is 29.4 Å². The van der Waals surface area contributed by atoms with Crippen molar-refractivity contribution in [1.29, 1.82) is 0 Å². The second kappa shape index (κ2) is 6.33. The fourth-order valence-corrected chi connectivity index (χ4v) is 1.80. The average molecular weight is 261 g/mol. The van der Waals surface area contributed by atoms with E-state index in [1.807, 2.05) is 24.3 Å². The van der Waals surface area contributed by atoms with Gasteiger partial charge in [-0.05, 0) is 30.2 Å². The molecule has 102 valence electrons. The largest absolute Gasteiger partial charge is 0.423 e. The minimum absolute atomic E-state index is 0.291. The minimum atomic E-state index is 0.291. The molecule has 0 aliphatic heterocycles. The van der Waals surface area contributed by atoms with Crippen LogP contribution < -0.4 is 5.32 Å². The van der Waals surface area contributed by atoms with E-state index in [-0.39, 0.29) is 0 Å². The first-order valence-corrected chi connectivity index (χ1v) is 6.32. The molecule has 1 heterocycles. The van der Waals surface area contributed by atoms with Crippen molar-refractivity contribution in [2.45, 2.75) is 19.9 Å². The first-order chi connectivity index (χ1) is 9.20. The highest BCUT2D eigenvalue weighted by Gasteiger charge is 2.13. The van der Waals surface area contributed by atoms with Crippen LogP contribution in [0.1, 0.15) is 13.8 Å². The second-order valence-electron chi connectivity index (χ2n) is 4.77. The van der Waals surface area contributed by atoms with Gasteiger partial charge in [0.25, 0.3) is 0 Å². The van der Waals surface area contributed by atoms with Crippen LogP contribution in [-0.2, 0) is 4.74 Å². The lowest BCUT2D eigenvalue weighted by Crippen LogP contribution is -2.30. The number of benzene rings is 1. The fourth-order valence-electron chi connectivity index (χ4n) is 1.80. The van der Waals surface area contributed by atoms with Crippen LogP contribution in [0.15, 0.2) is 35.1 Å². The zero-order chi connectivity index (χ0) is 13.7. The van der Waals surface area contributed by atoms with Crippen molar-refractivity contribution in [2.75, 3.05) is 19.0 Å². The number of anilines is 1. The topological polar surface area (TPSA) is 60.2 Å². The Balaban J connectivity index is 2.06. The monoisotopic (exact) mass is 261 g/mol. The number of hydrogen-bond donors (Lipinski definition) is 1. The smallest absolute Gasteiger partial charge is 0.247 e. The Labute approximate surface area is 113 Å². The summed E-state index contributed by atoms with van der Waals surface area (Å²) in [5, 5.41) is 11.0. The first kappa shape index (κ1) is 13.5. The number of rotatable bonds is 6. The van der Waals surface area contributed by atoms with Gasteiger partial charge in [0, 0.05) is 18.4 Å². The van der Waals surface area contributed by atoms with Gasteiger partial charge in [0.2, 0.25) is 12.3 Å². The van der Waals surface area contributed by atoms with Crippen molar-refractivity contribution >= 4 is 5.69 Å². The van der Waals surface area contributed by atoms with E-state index in [0.29, 0.717) is 24.5 Å². The zero-order valence-corrected chi connectivity index (χ0v) is 11.5. The minimum Gasteiger partial charge on any atom is -0.423 e. The molecule has 0 fully saturated rings. The Morgan fingerprint density at radius 1 is 1.26 bits per heavy atom. The molecule has 0 aliphatic carbocycles. The highest BCUT2D eigenvalue weighted by Crippen LogP contribution is 2.20. The molecule has 2 rings (SSSR count). The second-order valence-corrected chi connectivity index (χ2v) is 4.77. The molecule has 0 saturated carbocycles. The number of hydrogen-bond acceptors (Lipinski definition) is 5. The van der Waals surface area contributed by atoms with Crippen LogP contribution in [0, 0.1) is 5.92 Å². The Bertz CT molecular complexity index is 480. The molecule has 0 amide bonds. The quantitative estimate of drug-likeness (QED) is 0.866. The van der Waals surface area contributed by atoms with E-state index in [9.17, 15) is 0 Å². The third-order valence-electron chi connectivity index (χ3n) is 2.99. The predicted octanol–water partition coefficient (Wildman–Crippen LogP) is 2.82. The van der Waals surface area contributed by atoms with E-state index in [1.54, 1.807) is 7.11 Å². The first-order valence-electron chi connectivity index (χ1n) is 6.32. The van der Waals surface area contributed by atoms with Crippen LogP contribution in [0.3, 0.4) is 0 Å². The van der Waals surface area contributed by atoms with Crippen molar-refractivity contribution < 1.29 is 9.15 Å². The lowest BCUT2D eigenvalue weighted by molar-refractivity contribution is 0.171. The van der Waals surface area contributed by atoms with Crippen LogP contribution in [-0.4, -0.2) is 30.0 Å². The third kappa shape index (κ3) is 3.54. The molecule has 1 atom stereocenters. The molecule has 0 bridgehead atoms. The molecule has 0 aliphatic rings. The Morgan fingerprint density at radius 3 is 2.53 bits per heavy atom. The van der Waals surface area contributed by atoms with Crippen LogP contribution >= 0.6 is 0 Å². The summed E-state index contributed by atoms with van der Waals surface area (Å²) in [6.45, 7) is 5.02. The molecular weight excluding hydrogens is 242 g/mol. The maximum absolute atomic E-state index is 5.22. The summed E-state index contributed by atoms with van der Waals surface area (Å²) < 4.78 is 10.4. The summed E-state index contributed by atoms with van der Waals surface area (Å²) in [7, 11) is 1.72. The van der Waals surface area contributed by atoms with Gasteiger partial charge in [0.15, 0.2) is 0 Å². The van der Waals surface area contributed by atoms with Gasteiger partial charge in [-0.15, -0.1) is 10.2 Å². The van der Waals surface area contributed by atoms with Gasteiger partial charge in [-0.3, -0.25) is 0 Å². The van der Waals surface area contributed by atoms with Crippen LogP contribution in [0.5, 0.6) is 0 Å². The predicted molar refractivity (Wildman–Crippen MR) is 73.9 cm³/mol. The van der Waals surface area contributed by atoms with Gasteiger partial charge < -0.3 is 14.5 Å². The normalized spacial score (nSPS) is 12.6. The van der Waals surface area contributed by atoms with Crippen molar-refractivity contribution in [3.8, 4) is 11.5 Å². The van der Waals surface area contributed by atoms with Gasteiger partial charge in [-0.1, -0.05) is 13.8 Å². The molecule has 1 unspecified atom stereocenters. The van der Waals surface area contributed by atoms with Crippen molar-refractivity contribution in [1.82, 2.24) is 10.2 Å². The zero-order valence-electron chi connectivity index (χ0n) is 11.5. The average Bonchev–Trinajstić information content (AvgIpc) is 2.93. The van der Waals surface area contributed by atoms with E-state index in [1.165, 1.54) is 6.39 Å². The number of ether oxygens (including phenoxy) is 1. The van der Waals surface area contributed by atoms with Gasteiger partial charge in [-0.25, -0.2) is 0 Å². The van der Waals surface area contributed by atoms with Crippen molar-refractivity contribution in [3.63, 3.8) is 0 Å². The van der Waals surface area contributed by atoms with E-state index in [0.717, 1.165) is 11.3 Å². The van der Waals surface area contributed by atoms with E-state index >= 15 is 0 Å². The molecule has 5 heteroatoms. The highest BCUT2D eigenvalue weighted by atomic mass is 16.5. The molecular formula is C14H19N3O2. The van der Waals surface area contributed by atoms with Gasteiger partial charge in [0.05, 0.1) is 12.6 Å². The molecule has 0 saturated heterocycles. The molecule has 2 aromatic rings. The molecule has 1 aromatic carbocycles. The van der Waals surface area contributed by atoms with Crippen molar-refractivity contribution in [3.05, 3.63) is 30.7 Å². The summed E-state index contributed by atoms with van der Waals surface area (Å²) in [5.41, 5.74) is 1.97. The summed E-state index contributed by atoms with van der Waals surface area (Å²) in [5.74, 6) is 1.03. The Hall–Kier alpha value is -1.88. The molecule has 5 nitrogen and oxygen atoms in total. The SMILES string of the molecule is COCC(Nc1ccc(-c2nnco2)cc1)C(C)C. The van der Waals surface area contributed by atoms with Gasteiger partial charge >= 0.3 is 0 Å². The standard InChI is InChI=1S/C14H19N3O2/c1-10(2)13(8-18-3)16-12-6-4-11(5-7-12)14-17-15-9-19-14/h4-7,9-10,13,16H,8H2,1-3H3. The molecule has 1 N–H and O–H groups in total. The maximum atomic E-state index is 5.22. The Morgan fingerprint density at radius 2 is 2.00 bits per heavy atom. The van der Waals surface area contributed by atoms with E-state index < -0.39 is 0 Å². The summed E-state index contributed by atoms with van der Waals surface area (Å²) in [4.78, 5) is 0.